The molecule has 0 amide bonds. The van der Waals surface area contributed by atoms with E-state index in [1.165, 1.54) is 25.9 Å². The third-order valence-corrected chi connectivity index (χ3v) is 4.61. The number of nitrogens with zero attached hydrogens (tertiary/aromatic N) is 1. The monoisotopic (exact) mass is 270 g/mol. The summed E-state index contributed by atoms with van der Waals surface area (Å²) in [6.07, 6.45) is 4.14. The molecule has 1 N–H and O–H groups in total. The minimum Gasteiger partial charge on any atom is -0.377 e. The summed E-state index contributed by atoms with van der Waals surface area (Å²) >= 11 is 0. The molecule has 2 aliphatic rings. The van der Waals surface area contributed by atoms with E-state index >= 15 is 0 Å². The van der Waals surface area contributed by atoms with Crippen LogP contribution in [0.3, 0.4) is 0 Å². The van der Waals surface area contributed by atoms with Gasteiger partial charge in [-0.3, -0.25) is 0 Å². The first-order chi connectivity index (χ1) is 9.15. The maximum absolute atomic E-state index is 5.68. The summed E-state index contributed by atoms with van der Waals surface area (Å²) < 4.78 is 11.2. The average Bonchev–Trinajstić information content (AvgIpc) is 2.38. The van der Waals surface area contributed by atoms with Crippen molar-refractivity contribution in [2.45, 2.75) is 70.4 Å². The summed E-state index contributed by atoms with van der Waals surface area (Å²) in [5.74, 6) is 0. The van der Waals surface area contributed by atoms with Gasteiger partial charge in [0.05, 0.1) is 12.2 Å². The van der Waals surface area contributed by atoms with Gasteiger partial charge in [0.15, 0.2) is 0 Å². The highest BCUT2D eigenvalue weighted by Crippen LogP contribution is 2.28. The maximum atomic E-state index is 5.68. The van der Waals surface area contributed by atoms with Gasteiger partial charge in [0.25, 0.3) is 0 Å². The molecule has 0 spiro atoms. The Kier molecular flexibility index (Phi) is 5.63. The number of rotatable bonds is 6. The molecule has 1 saturated carbocycles. The Morgan fingerprint density at radius 2 is 1.95 bits per heavy atom. The second-order valence-electron chi connectivity index (χ2n) is 6.11. The topological polar surface area (TPSA) is 33.7 Å². The highest BCUT2D eigenvalue weighted by atomic mass is 16.5. The fraction of sp³-hybridized carbons (Fsp3) is 1.00. The minimum atomic E-state index is 0.239. The van der Waals surface area contributed by atoms with E-state index in [4.69, 9.17) is 9.47 Å². The molecule has 4 nitrogen and oxygen atoms in total. The van der Waals surface area contributed by atoms with Gasteiger partial charge in [0.1, 0.15) is 0 Å². The molecule has 0 aromatic rings. The smallest absolute Gasteiger partial charge is 0.0986 e. The molecule has 1 heterocycles. The van der Waals surface area contributed by atoms with Crippen LogP contribution in [0.5, 0.6) is 0 Å². The second kappa shape index (κ2) is 7.02. The summed E-state index contributed by atoms with van der Waals surface area (Å²) in [5, 5.41) is 3.77. The van der Waals surface area contributed by atoms with Crippen LogP contribution < -0.4 is 5.32 Å². The van der Waals surface area contributed by atoms with Crippen molar-refractivity contribution < 1.29 is 9.47 Å². The summed E-state index contributed by atoms with van der Waals surface area (Å²) in [5.41, 5.74) is 0. The highest BCUT2D eigenvalue weighted by Gasteiger charge is 2.43. The number of likely N-dealkylation sites (tertiary alicyclic amines) is 1. The zero-order valence-corrected chi connectivity index (χ0v) is 12.9. The molecule has 1 aliphatic carbocycles. The molecule has 19 heavy (non-hydrogen) atoms. The Bertz CT molecular complexity index is 265. The van der Waals surface area contributed by atoms with Crippen molar-refractivity contribution in [3.63, 3.8) is 0 Å². The lowest BCUT2D eigenvalue weighted by Crippen LogP contribution is -2.62. The quantitative estimate of drug-likeness (QED) is 0.795. The van der Waals surface area contributed by atoms with Crippen molar-refractivity contribution >= 4 is 0 Å². The van der Waals surface area contributed by atoms with Crippen LogP contribution in [0.25, 0.3) is 0 Å². The second-order valence-corrected chi connectivity index (χ2v) is 6.11. The van der Waals surface area contributed by atoms with E-state index in [9.17, 15) is 0 Å². The first-order valence-electron chi connectivity index (χ1n) is 7.80. The van der Waals surface area contributed by atoms with E-state index in [2.05, 4.69) is 31.0 Å². The largest absolute Gasteiger partial charge is 0.377 e. The molecule has 112 valence electrons. The highest BCUT2D eigenvalue weighted by molar-refractivity contribution is 4.99. The van der Waals surface area contributed by atoms with Crippen molar-refractivity contribution in [3.05, 3.63) is 0 Å². The summed E-state index contributed by atoms with van der Waals surface area (Å²) in [6.45, 7) is 9.84. The van der Waals surface area contributed by atoms with E-state index in [0.29, 0.717) is 24.2 Å². The van der Waals surface area contributed by atoms with Crippen LogP contribution in [0.1, 0.15) is 40.0 Å². The predicted molar refractivity (Wildman–Crippen MR) is 77.5 cm³/mol. The predicted octanol–water partition coefficient (Wildman–Crippen LogP) is 1.64. The van der Waals surface area contributed by atoms with Crippen molar-refractivity contribution in [1.29, 1.82) is 0 Å². The Hall–Kier alpha value is -0.160. The lowest BCUT2D eigenvalue weighted by atomic mass is 9.84. The van der Waals surface area contributed by atoms with Crippen LogP contribution in [0, 0.1) is 0 Å². The van der Waals surface area contributed by atoms with Gasteiger partial charge in [-0.25, -0.2) is 0 Å². The molecule has 2 fully saturated rings. The van der Waals surface area contributed by atoms with Crippen LogP contribution in [-0.2, 0) is 9.47 Å². The SMILES string of the molecule is CCOC1CC(NC2CCN(C(C)C)CC2)C1OC. The molecule has 1 saturated heterocycles. The fourth-order valence-electron chi connectivity index (χ4n) is 3.32. The summed E-state index contributed by atoms with van der Waals surface area (Å²) in [7, 11) is 1.80. The van der Waals surface area contributed by atoms with Crippen molar-refractivity contribution in [2.24, 2.45) is 0 Å². The van der Waals surface area contributed by atoms with Crippen LogP contribution in [0.15, 0.2) is 0 Å². The van der Waals surface area contributed by atoms with Gasteiger partial charge in [-0.15, -0.1) is 0 Å². The molecule has 3 atom stereocenters. The molecule has 1 aliphatic heterocycles. The van der Waals surface area contributed by atoms with Gasteiger partial charge in [0, 0.05) is 31.8 Å². The van der Waals surface area contributed by atoms with Crippen molar-refractivity contribution in [3.8, 4) is 0 Å². The molecule has 0 radical (unpaired) electrons. The molecule has 0 aromatic carbocycles. The Morgan fingerprint density at radius 1 is 1.26 bits per heavy atom. The van der Waals surface area contributed by atoms with Crippen LogP contribution in [0.2, 0.25) is 0 Å². The summed E-state index contributed by atoms with van der Waals surface area (Å²) in [4.78, 5) is 2.57. The molecular formula is C15H30N2O2. The average molecular weight is 270 g/mol. The van der Waals surface area contributed by atoms with Gasteiger partial charge < -0.3 is 19.7 Å². The number of piperidine rings is 1. The van der Waals surface area contributed by atoms with Gasteiger partial charge >= 0.3 is 0 Å². The normalized spacial score (nSPS) is 33.6. The van der Waals surface area contributed by atoms with E-state index in [-0.39, 0.29) is 6.10 Å². The number of hydrogen-bond acceptors (Lipinski definition) is 4. The fourth-order valence-corrected chi connectivity index (χ4v) is 3.32. The maximum Gasteiger partial charge on any atom is 0.0986 e. The summed E-state index contributed by atoms with van der Waals surface area (Å²) in [6, 6.07) is 1.82. The van der Waals surface area contributed by atoms with E-state index in [1.807, 2.05) is 0 Å². The lowest BCUT2D eigenvalue weighted by Gasteiger charge is -2.46. The third kappa shape index (κ3) is 3.69. The van der Waals surface area contributed by atoms with E-state index in [0.717, 1.165) is 13.0 Å². The first-order valence-corrected chi connectivity index (χ1v) is 7.80. The van der Waals surface area contributed by atoms with Gasteiger partial charge in [-0.05, 0) is 53.1 Å². The van der Waals surface area contributed by atoms with E-state index in [1.54, 1.807) is 7.11 Å². The Labute approximate surface area is 117 Å². The standard InChI is InChI=1S/C15H30N2O2/c1-5-19-14-10-13(15(14)18-4)16-12-6-8-17(9-7-12)11(2)3/h11-16H,5-10H2,1-4H3. The minimum absolute atomic E-state index is 0.239. The zero-order valence-electron chi connectivity index (χ0n) is 12.9. The number of methoxy groups -OCH3 is 1. The zero-order chi connectivity index (χ0) is 13.8. The Balaban J connectivity index is 1.71. The molecule has 0 aromatic heterocycles. The van der Waals surface area contributed by atoms with Crippen molar-refractivity contribution in [2.75, 3.05) is 26.8 Å². The van der Waals surface area contributed by atoms with Gasteiger partial charge in [0.2, 0.25) is 0 Å². The lowest BCUT2D eigenvalue weighted by molar-refractivity contribution is -0.134. The van der Waals surface area contributed by atoms with E-state index < -0.39 is 0 Å². The molecule has 0 bridgehead atoms. The molecule has 3 unspecified atom stereocenters. The van der Waals surface area contributed by atoms with Gasteiger partial charge in [-0.1, -0.05) is 0 Å². The number of hydrogen-bond donors (Lipinski definition) is 1. The molecular weight excluding hydrogens is 240 g/mol. The number of ether oxygens (including phenoxy) is 2. The molecule has 4 heteroatoms. The van der Waals surface area contributed by atoms with Crippen LogP contribution >= 0.6 is 0 Å². The third-order valence-electron chi connectivity index (χ3n) is 4.61. The van der Waals surface area contributed by atoms with Gasteiger partial charge in [-0.2, -0.15) is 0 Å². The number of nitrogens with one attached hydrogen (secondary N) is 1. The first kappa shape index (κ1) is 15.2. The Morgan fingerprint density at radius 3 is 2.47 bits per heavy atom. The molecule has 2 rings (SSSR count). The van der Waals surface area contributed by atoms with Crippen LogP contribution in [-0.4, -0.2) is 62.0 Å². The van der Waals surface area contributed by atoms with Crippen molar-refractivity contribution in [1.82, 2.24) is 10.2 Å². The van der Waals surface area contributed by atoms with Crippen LogP contribution in [0.4, 0.5) is 0 Å².